The number of carbonyl (C=O) groups excluding carboxylic acids is 1. The lowest BCUT2D eigenvalue weighted by Crippen LogP contribution is -2.37. The Morgan fingerprint density at radius 2 is 2.23 bits per heavy atom. The smallest absolute Gasteiger partial charge is 0.343 e. The molecule has 1 aromatic carbocycles. The van der Waals surface area contributed by atoms with Crippen LogP contribution in [0.15, 0.2) is 28.9 Å². The van der Waals surface area contributed by atoms with Crippen molar-refractivity contribution in [1.29, 1.82) is 0 Å². The van der Waals surface area contributed by atoms with Gasteiger partial charge in [-0.3, -0.25) is 0 Å². The monoisotopic (exact) mass is 326 g/mol. The summed E-state index contributed by atoms with van der Waals surface area (Å²) in [6.07, 6.45) is 1.29. The number of hydrogen-bond donors (Lipinski definition) is 1. The second-order valence-corrected chi connectivity index (χ2v) is 5.64. The summed E-state index contributed by atoms with van der Waals surface area (Å²) in [5.41, 5.74) is -0.0775. The first-order valence-electron chi connectivity index (χ1n) is 6.58. The van der Waals surface area contributed by atoms with Crippen molar-refractivity contribution in [2.24, 2.45) is 0 Å². The van der Waals surface area contributed by atoms with Gasteiger partial charge in [0.25, 0.3) is 0 Å². The molecule has 0 bridgehead atoms. The van der Waals surface area contributed by atoms with Crippen LogP contribution in [0.3, 0.4) is 0 Å². The molecule has 0 saturated carbocycles. The van der Waals surface area contributed by atoms with Gasteiger partial charge in [0.2, 0.25) is 0 Å². The normalized spacial score (nSPS) is 11.5. The summed E-state index contributed by atoms with van der Waals surface area (Å²) in [5, 5.41) is 6.77. The number of hydrogen-bond acceptors (Lipinski definition) is 5. The third-order valence-corrected chi connectivity index (χ3v) is 3.66. The molecule has 22 heavy (non-hydrogen) atoms. The van der Waals surface area contributed by atoms with Crippen LogP contribution in [-0.4, -0.2) is 18.2 Å². The highest BCUT2D eigenvalue weighted by Crippen LogP contribution is 2.28. The first kappa shape index (κ1) is 16.5. The zero-order valence-electron chi connectivity index (χ0n) is 12.4. The molecular weight excluding hydrogens is 311 g/mol. The molecule has 2 aromatic rings. The zero-order valence-corrected chi connectivity index (χ0v) is 13.2. The van der Waals surface area contributed by atoms with Crippen LogP contribution in [-0.2, 0) is 16.8 Å². The fraction of sp³-hybridized carbons (Fsp3) is 0.333. The quantitative estimate of drug-likeness (QED) is 0.854. The SMILES string of the molecule is COC(=O)c1cnoc1CNC(C)(C)c1cccc(Cl)c1F. The Kier molecular flexibility index (Phi) is 4.83. The lowest BCUT2D eigenvalue weighted by Gasteiger charge is -2.27. The van der Waals surface area contributed by atoms with Gasteiger partial charge in [0.15, 0.2) is 5.76 Å². The fourth-order valence-electron chi connectivity index (χ4n) is 2.05. The highest BCUT2D eigenvalue weighted by molar-refractivity contribution is 6.30. The van der Waals surface area contributed by atoms with Crippen molar-refractivity contribution in [1.82, 2.24) is 10.5 Å². The van der Waals surface area contributed by atoms with E-state index in [1.165, 1.54) is 19.4 Å². The number of halogens is 2. The van der Waals surface area contributed by atoms with Crippen molar-refractivity contribution < 1.29 is 18.4 Å². The number of carbonyl (C=O) groups is 1. The Hall–Kier alpha value is -1.92. The molecule has 0 saturated heterocycles. The van der Waals surface area contributed by atoms with E-state index in [0.29, 0.717) is 11.3 Å². The fourth-order valence-corrected chi connectivity index (χ4v) is 2.23. The first-order chi connectivity index (χ1) is 10.4. The maximum atomic E-state index is 14.1. The summed E-state index contributed by atoms with van der Waals surface area (Å²) >= 11 is 5.81. The number of esters is 1. The number of benzene rings is 1. The molecule has 0 unspecified atom stereocenters. The molecule has 0 atom stereocenters. The van der Waals surface area contributed by atoms with Crippen molar-refractivity contribution in [2.45, 2.75) is 25.9 Å². The summed E-state index contributed by atoms with van der Waals surface area (Å²) in [4.78, 5) is 11.6. The van der Waals surface area contributed by atoms with Gasteiger partial charge in [-0.25, -0.2) is 9.18 Å². The molecule has 118 valence electrons. The molecule has 1 aromatic heterocycles. The van der Waals surface area contributed by atoms with Crippen LogP contribution in [0, 0.1) is 5.82 Å². The van der Waals surface area contributed by atoms with Gasteiger partial charge in [-0.2, -0.15) is 0 Å². The van der Waals surface area contributed by atoms with Gasteiger partial charge < -0.3 is 14.6 Å². The topological polar surface area (TPSA) is 64.4 Å². The Balaban J connectivity index is 2.18. The molecule has 5 nitrogen and oxygen atoms in total. The lowest BCUT2D eigenvalue weighted by atomic mass is 9.93. The molecule has 0 aliphatic heterocycles. The molecule has 1 N–H and O–H groups in total. The molecule has 0 radical (unpaired) electrons. The average molecular weight is 327 g/mol. The molecule has 0 spiro atoms. The standard InChI is InChI=1S/C15H16ClFN2O3/c1-15(2,10-5-4-6-11(16)13(10)17)18-8-12-9(7-19-22-12)14(20)21-3/h4-7,18H,8H2,1-3H3. The maximum Gasteiger partial charge on any atom is 0.343 e. The Morgan fingerprint density at radius 1 is 1.50 bits per heavy atom. The largest absolute Gasteiger partial charge is 0.465 e. The third-order valence-electron chi connectivity index (χ3n) is 3.37. The predicted molar refractivity (Wildman–Crippen MR) is 79.1 cm³/mol. The minimum atomic E-state index is -0.727. The van der Waals surface area contributed by atoms with E-state index < -0.39 is 17.3 Å². The Bertz CT molecular complexity index is 685. The van der Waals surface area contributed by atoms with Crippen LogP contribution < -0.4 is 5.32 Å². The van der Waals surface area contributed by atoms with E-state index >= 15 is 0 Å². The molecular formula is C15H16ClFN2O3. The molecule has 0 amide bonds. The zero-order chi connectivity index (χ0) is 16.3. The van der Waals surface area contributed by atoms with E-state index in [4.69, 9.17) is 16.1 Å². The number of methoxy groups -OCH3 is 1. The van der Waals surface area contributed by atoms with Crippen LogP contribution in [0.2, 0.25) is 5.02 Å². The molecule has 2 rings (SSSR count). The van der Waals surface area contributed by atoms with Gasteiger partial charge in [0.1, 0.15) is 11.4 Å². The molecule has 7 heteroatoms. The lowest BCUT2D eigenvalue weighted by molar-refractivity contribution is 0.0597. The van der Waals surface area contributed by atoms with E-state index in [0.717, 1.165) is 0 Å². The number of aromatic nitrogens is 1. The van der Waals surface area contributed by atoms with Crippen LogP contribution in [0.5, 0.6) is 0 Å². The van der Waals surface area contributed by atoms with E-state index in [1.807, 2.05) is 0 Å². The van der Waals surface area contributed by atoms with Gasteiger partial charge in [-0.15, -0.1) is 0 Å². The molecule has 0 aliphatic carbocycles. The van der Waals surface area contributed by atoms with Gasteiger partial charge in [-0.1, -0.05) is 28.9 Å². The summed E-state index contributed by atoms with van der Waals surface area (Å²) in [7, 11) is 1.28. The first-order valence-corrected chi connectivity index (χ1v) is 6.96. The number of ether oxygens (including phenoxy) is 1. The van der Waals surface area contributed by atoms with Crippen molar-refractivity contribution in [3.63, 3.8) is 0 Å². The van der Waals surface area contributed by atoms with E-state index in [2.05, 4.69) is 15.2 Å². The highest BCUT2D eigenvalue weighted by Gasteiger charge is 2.26. The number of nitrogens with zero attached hydrogens (tertiary/aromatic N) is 1. The Morgan fingerprint density at radius 3 is 2.91 bits per heavy atom. The van der Waals surface area contributed by atoms with Crippen molar-refractivity contribution in [2.75, 3.05) is 7.11 Å². The Labute approximate surface area is 132 Å². The number of rotatable bonds is 5. The predicted octanol–water partition coefficient (Wildman–Crippen LogP) is 3.28. The molecule has 1 heterocycles. The maximum absolute atomic E-state index is 14.1. The van der Waals surface area contributed by atoms with Gasteiger partial charge in [-0.05, 0) is 19.9 Å². The van der Waals surface area contributed by atoms with Crippen LogP contribution in [0.1, 0.15) is 35.5 Å². The summed E-state index contributed by atoms with van der Waals surface area (Å²) in [6, 6.07) is 4.82. The molecule has 0 fully saturated rings. The van der Waals surface area contributed by atoms with Crippen molar-refractivity contribution in [3.8, 4) is 0 Å². The van der Waals surface area contributed by atoms with E-state index in [-0.39, 0.29) is 17.1 Å². The molecule has 0 aliphatic rings. The van der Waals surface area contributed by atoms with Crippen LogP contribution in [0.4, 0.5) is 4.39 Å². The summed E-state index contributed by atoms with van der Waals surface area (Å²) in [5.74, 6) is -0.695. The van der Waals surface area contributed by atoms with E-state index in [1.54, 1.807) is 26.0 Å². The van der Waals surface area contributed by atoms with Gasteiger partial charge >= 0.3 is 5.97 Å². The van der Waals surface area contributed by atoms with Crippen LogP contribution in [0.25, 0.3) is 0 Å². The van der Waals surface area contributed by atoms with E-state index in [9.17, 15) is 9.18 Å². The third kappa shape index (κ3) is 3.28. The summed E-state index contributed by atoms with van der Waals surface area (Å²) < 4.78 is 23.8. The van der Waals surface area contributed by atoms with Crippen molar-refractivity contribution in [3.05, 3.63) is 52.1 Å². The minimum absolute atomic E-state index is 0.0577. The van der Waals surface area contributed by atoms with Crippen LogP contribution >= 0.6 is 11.6 Å². The van der Waals surface area contributed by atoms with Crippen molar-refractivity contribution >= 4 is 17.6 Å². The highest BCUT2D eigenvalue weighted by atomic mass is 35.5. The van der Waals surface area contributed by atoms with Gasteiger partial charge in [0.05, 0.1) is 24.9 Å². The second kappa shape index (κ2) is 6.46. The second-order valence-electron chi connectivity index (χ2n) is 5.23. The number of nitrogens with one attached hydrogen (secondary N) is 1. The summed E-state index contributed by atoms with van der Waals surface area (Å²) in [6.45, 7) is 3.79. The minimum Gasteiger partial charge on any atom is -0.465 e. The van der Waals surface area contributed by atoms with Gasteiger partial charge in [0, 0.05) is 11.1 Å². The average Bonchev–Trinajstić information content (AvgIpc) is 2.95.